The lowest BCUT2D eigenvalue weighted by Gasteiger charge is -2.09. The predicted octanol–water partition coefficient (Wildman–Crippen LogP) is 2.19. The summed E-state index contributed by atoms with van der Waals surface area (Å²) < 4.78 is 6.92. The van der Waals surface area contributed by atoms with E-state index in [1.807, 2.05) is 18.2 Å². The van der Waals surface area contributed by atoms with Crippen LogP contribution < -0.4 is 13.7 Å². The number of hydrogen-bond acceptors (Lipinski definition) is 3. The van der Waals surface area contributed by atoms with Gasteiger partial charge in [0.1, 0.15) is 11.5 Å². The van der Waals surface area contributed by atoms with Crippen molar-refractivity contribution in [2.24, 2.45) is 0 Å². The molecule has 2 unspecified atom stereocenters. The molecule has 0 saturated heterocycles. The van der Waals surface area contributed by atoms with Gasteiger partial charge in [0, 0.05) is 6.07 Å². The molecule has 19 heavy (non-hydrogen) atoms. The Bertz CT molecular complexity index is 628. The van der Waals surface area contributed by atoms with Crippen molar-refractivity contribution in [2.45, 2.75) is 6.54 Å². The minimum Gasteiger partial charge on any atom is -0.506 e. The van der Waals surface area contributed by atoms with Crippen molar-refractivity contribution in [3.63, 3.8) is 0 Å². The number of aliphatic hydroxyl groups is 1. The average Bonchev–Trinajstić information content (AvgIpc) is 2.78. The minimum absolute atomic E-state index is 0.0701. The zero-order valence-electron chi connectivity index (χ0n) is 10.0. The quantitative estimate of drug-likeness (QED) is 0.481. The minimum atomic E-state index is -0.0701. The van der Waals surface area contributed by atoms with Gasteiger partial charge in [-0.1, -0.05) is 24.8 Å². The lowest BCUT2D eigenvalue weighted by molar-refractivity contribution is 0.506. The Hall–Kier alpha value is -0.640. The van der Waals surface area contributed by atoms with Crippen molar-refractivity contribution >= 4 is 57.9 Å². The maximum absolute atomic E-state index is 9.39. The molecule has 0 saturated carbocycles. The van der Waals surface area contributed by atoms with E-state index in [-0.39, 0.29) is 5.76 Å². The molecule has 0 bridgehead atoms. The molecular weight excluding hydrogens is 393 g/mol. The van der Waals surface area contributed by atoms with Crippen LogP contribution in [0.1, 0.15) is 11.3 Å². The third kappa shape index (κ3) is 3.28. The van der Waals surface area contributed by atoms with E-state index in [9.17, 15) is 5.11 Å². The zero-order chi connectivity index (χ0) is 14.0. The van der Waals surface area contributed by atoms with Gasteiger partial charge in [0.2, 0.25) is 5.88 Å². The standard InChI is InChI=1S/C12H13IN2O2P2/c1-7(16)9-5-11(17-13)15(14-9)6-8-3-2-4-10(18)12(8)19/h2-5,16H,1,6,18-19H2. The maximum atomic E-state index is 9.39. The lowest BCUT2D eigenvalue weighted by Crippen LogP contribution is -2.18. The van der Waals surface area contributed by atoms with E-state index in [4.69, 9.17) is 3.07 Å². The molecule has 1 N–H and O–H groups in total. The zero-order valence-corrected chi connectivity index (χ0v) is 14.5. The third-order valence-electron chi connectivity index (χ3n) is 2.67. The van der Waals surface area contributed by atoms with Gasteiger partial charge in [0.15, 0.2) is 23.0 Å². The fourth-order valence-corrected chi connectivity index (χ4v) is 2.58. The molecule has 7 heteroatoms. The van der Waals surface area contributed by atoms with E-state index in [0.29, 0.717) is 18.1 Å². The second-order valence-electron chi connectivity index (χ2n) is 3.97. The largest absolute Gasteiger partial charge is 0.506 e. The smallest absolute Gasteiger partial charge is 0.224 e. The first-order chi connectivity index (χ1) is 9.02. The van der Waals surface area contributed by atoms with Gasteiger partial charge in [-0.25, -0.2) is 4.68 Å². The number of nitrogens with zero attached hydrogens (tertiary/aromatic N) is 2. The summed E-state index contributed by atoms with van der Waals surface area (Å²) in [5.74, 6) is 0.503. The highest BCUT2D eigenvalue weighted by Crippen LogP contribution is 2.20. The summed E-state index contributed by atoms with van der Waals surface area (Å²) in [6.45, 7) is 4.03. The Morgan fingerprint density at radius 3 is 2.84 bits per heavy atom. The summed E-state index contributed by atoms with van der Waals surface area (Å²) >= 11 is 1.79. The van der Waals surface area contributed by atoms with Gasteiger partial charge in [-0.3, -0.25) is 0 Å². The van der Waals surface area contributed by atoms with Crippen molar-refractivity contribution in [3.05, 3.63) is 42.1 Å². The van der Waals surface area contributed by atoms with E-state index >= 15 is 0 Å². The van der Waals surface area contributed by atoms with Crippen LogP contribution in [0.25, 0.3) is 5.76 Å². The van der Waals surface area contributed by atoms with Gasteiger partial charge in [-0.05, 0) is 16.2 Å². The average molecular weight is 406 g/mol. The Morgan fingerprint density at radius 2 is 2.21 bits per heavy atom. The van der Waals surface area contributed by atoms with Crippen molar-refractivity contribution in [3.8, 4) is 5.88 Å². The predicted molar refractivity (Wildman–Crippen MR) is 92.8 cm³/mol. The number of aliphatic hydroxyl groups excluding tert-OH is 1. The van der Waals surface area contributed by atoms with E-state index in [1.54, 1.807) is 33.8 Å². The highest BCUT2D eigenvalue weighted by atomic mass is 127. The van der Waals surface area contributed by atoms with Crippen LogP contribution in [-0.4, -0.2) is 14.9 Å². The molecule has 0 radical (unpaired) electrons. The van der Waals surface area contributed by atoms with Crippen LogP contribution in [0.2, 0.25) is 0 Å². The topological polar surface area (TPSA) is 47.3 Å². The van der Waals surface area contributed by atoms with Crippen molar-refractivity contribution in [2.75, 3.05) is 0 Å². The maximum Gasteiger partial charge on any atom is 0.224 e. The lowest BCUT2D eigenvalue weighted by atomic mass is 10.2. The SMILES string of the molecule is C=C(O)c1cc(OI)n(Cc2cccc(P)c2P)n1. The Balaban J connectivity index is 2.37. The molecule has 100 valence electrons. The summed E-state index contributed by atoms with van der Waals surface area (Å²) in [5.41, 5.74) is 1.53. The summed E-state index contributed by atoms with van der Waals surface area (Å²) in [6.07, 6.45) is 0. The molecule has 0 fully saturated rings. The van der Waals surface area contributed by atoms with E-state index in [1.165, 1.54) is 0 Å². The van der Waals surface area contributed by atoms with Crippen molar-refractivity contribution in [1.29, 1.82) is 0 Å². The molecule has 1 aromatic carbocycles. The number of benzene rings is 1. The highest BCUT2D eigenvalue weighted by molar-refractivity contribution is 14.1. The first-order valence-electron chi connectivity index (χ1n) is 5.40. The fourth-order valence-electron chi connectivity index (χ4n) is 1.65. The number of aromatic nitrogens is 2. The van der Waals surface area contributed by atoms with Crippen molar-refractivity contribution < 1.29 is 8.17 Å². The number of rotatable bonds is 4. The molecule has 2 rings (SSSR count). The first kappa shape index (κ1) is 14.8. The summed E-state index contributed by atoms with van der Waals surface area (Å²) in [6, 6.07) is 7.70. The third-order valence-corrected chi connectivity index (χ3v) is 4.66. The Kier molecular flexibility index (Phi) is 4.82. The van der Waals surface area contributed by atoms with Crippen LogP contribution in [0.4, 0.5) is 0 Å². The second kappa shape index (κ2) is 6.21. The summed E-state index contributed by atoms with van der Waals surface area (Å²) in [7, 11) is 5.42. The fraction of sp³-hybridized carbons (Fsp3) is 0.0833. The van der Waals surface area contributed by atoms with Gasteiger partial charge in [0.05, 0.1) is 6.54 Å². The Labute approximate surface area is 130 Å². The van der Waals surface area contributed by atoms with E-state index in [2.05, 4.69) is 30.2 Å². The van der Waals surface area contributed by atoms with Crippen LogP contribution in [-0.2, 0) is 6.54 Å². The first-order valence-corrected chi connectivity index (χ1v) is 7.44. The number of halogens is 1. The molecule has 1 aromatic heterocycles. The van der Waals surface area contributed by atoms with E-state index in [0.717, 1.165) is 16.2 Å². The van der Waals surface area contributed by atoms with Crippen LogP contribution in [0.3, 0.4) is 0 Å². The molecule has 0 aliphatic rings. The van der Waals surface area contributed by atoms with Crippen molar-refractivity contribution in [1.82, 2.24) is 9.78 Å². The van der Waals surface area contributed by atoms with Gasteiger partial charge < -0.3 is 8.17 Å². The molecule has 1 heterocycles. The number of hydrogen-bond donors (Lipinski definition) is 1. The van der Waals surface area contributed by atoms with Crippen LogP contribution in [0.5, 0.6) is 5.88 Å². The second-order valence-corrected chi connectivity index (χ2v) is 5.61. The molecule has 2 atom stereocenters. The monoisotopic (exact) mass is 406 g/mol. The molecule has 0 aliphatic heterocycles. The van der Waals surface area contributed by atoms with Gasteiger partial charge in [0.25, 0.3) is 0 Å². The highest BCUT2D eigenvalue weighted by Gasteiger charge is 2.12. The molecule has 0 amide bonds. The molecular formula is C12H13IN2O2P2. The molecule has 0 aliphatic carbocycles. The van der Waals surface area contributed by atoms with Gasteiger partial charge >= 0.3 is 0 Å². The van der Waals surface area contributed by atoms with Crippen LogP contribution in [0, 0.1) is 0 Å². The normalized spacial score (nSPS) is 10.5. The summed E-state index contributed by atoms with van der Waals surface area (Å²) in [5, 5.41) is 15.9. The summed E-state index contributed by atoms with van der Waals surface area (Å²) in [4.78, 5) is 0. The molecule has 0 spiro atoms. The molecule has 4 nitrogen and oxygen atoms in total. The van der Waals surface area contributed by atoms with Crippen LogP contribution >= 0.6 is 41.5 Å². The van der Waals surface area contributed by atoms with E-state index < -0.39 is 0 Å². The van der Waals surface area contributed by atoms with Gasteiger partial charge in [-0.2, -0.15) is 5.10 Å². The Morgan fingerprint density at radius 1 is 1.47 bits per heavy atom. The molecule has 2 aromatic rings. The van der Waals surface area contributed by atoms with Crippen LogP contribution in [0.15, 0.2) is 30.8 Å². The van der Waals surface area contributed by atoms with Gasteiger partial charge in [-0.15, -0.1) is 18.5 Å².